The SMILES string of the molecule is Cc1ccc(C(=O)N2CC3(CC(NC(=O)NCc4ccc(C(N)=O)cc4)C3)C2)cc1. The molecule has 30 heavy (non-hydrogen) atoms. The molecule has 1 saturated carbocycles. The van der Waals surface area contributed by atoms with Crippen molar-refractivity contribution in [3.63, 3.8) is 0 Å². The van der Waals surface area contributed by atoms with Crippen LogP contribution in [0.2, 0.25) is 0 Å². The Bertz CT molecular complexity index is 955. The number of benzene rings is 2. The van der Waals surface area contributed by atoms with Crippen LogP contribution in [0.25, 0.3) is 0 Å². The number of urea groups is 1. The van der Waals surface area contributed by atoms with E-state index in [1.165, 1.54) is 0 Å². The summed E-state index contributed by atoms with van der Waals surface area (Å²) in [4.78, 5) is 37.6. The molecule has 1 aliphatic carbocycles. The van der Waals surface area contributed by atoms with E-state index in [1.807, 2.05) is 36.1 Å². The minimum Gasteiger partial charge on any atom is -0.366 e. The van der Waals surface area contributed by atoms with Crippen LogP contribution in [0.1, 0.15) is 44.7 Å². The van der Waals surface area contributed by atoms with Gasteiger partial charge in [-0.25, -0.2) is 4.79 Å². The van der Waals surface area contributed by atoms with Crippen molar-refractivity contribution >= 4 is 17.8 Å². The highest BCUT2D eigenvalue weighted by Gasteiger charge is 2.54. The maximum absolute atomic E-state index is 12.5. The van der Waals surface area contributed by atoms with E-state index in [4.69, 9.17) is 5.73 Å². The predicted molar refractivity (Wildman–Crippen MR) is 113 cm³/mol. The Balaban J connectivity index is 1.17. The molecule has 4 rings (SSSR count). The first-order valence-corrected chi connectivity index (χ1v) is 10.1. The van der Waals surface area contributed by atoms with E-state index >= 15 is 0 Å². The van der Waals surface area contributed by atoms with Gasteiger partial charge in [0.1, 0.15) is 0 Å². The van der Waals surface area contributed by atoms with E-state index in [-0.39, 0.29) is 23.4 Å². The van der Waals surface area contributed by atoms with Gasteiger partial charge in [-0.05, 0) is 49.6 Å². The van der Waals surface area contributed by atoms with Gasteiger partial charge in [0.15, 0.2) is 0 Å². The lowest BCUT2D eigenvalue weighted by atomic mass is 9.60. The van der Waals surface area contributed by atoms with Gasteiger partial charge in [-0.1, -0.05) is 29.8 Å². The summed E-state index contributed by atoms with van der Waals surface area (Å²) in [5, 5.41) is 5.83. The van der Waals surface area contributed by atoms with Gasteiger partial charge in [0.05, 0.1) is 0 Å². The molecule has 1 spiro atoms. The zero-order valence-corrected chi connectivity index (χ0v) is 17.0. The quantitative estimate of drug-likeness (QED) is 0.709. The number of amides is 4. The van der Waals surface area contributed by atoms with E-state index in [0.29, 0.717) is 12.1 Å². The van der Waals surface area contributed by atoms with Crippen LogP contribution in [-0.2, 0) is 6.54 Å². The van der Waals surface area contributed by atoms with Crippen LogP contribution in [0, 0.1) is 12.3 Å². The zero-order valence-electron chi connectivity index (χ0n) is 17.0. The smallest absolute Gasteiger partial charge is 0.315 e. The van der Waals surface area contributed by atoms with Crippen LogP contribution >= 0.6 is 0 Å². The van der Waals surface area contributed by atoms with Gasteiger partial charge in [-0.2, -0.15) is 0 Å². The molecule has 0 aromatic heterocycles. The summed E-state index contributed by atoms with van der Waals surface area (Å²) in [6.45, 7) is 3.89. The average molecular weight is 406 g/mol. The van der Waals surface area contributed by atoms with Gasteiger partial charge in [0.25, 0.3) is 5.91 Å². The van der Waals surface area contributed by atoms with Crippen molar-refractivity contribution in [3.8, 4) is 0 Å². The molecule has 2 aromatic rings. The number of primary amides is 1. The van der Waals surface area contributed by atoms with Crippen LogP contribution in [0.5, 0.6) is 0 Å². The Morgan fingerprint density at radius 1 is 1.00 bits per heavy atom. The first-order chi connectivity index (χ1) is 14.3. The van der Waals surface area contributed by atoms with E-state index in [1.54, 1.807) is 24.3 Å². The fourth-order valence-electron chi connectivity index (χ4n) is 4.34. The fourth-order valence-corrected chi connectivity index (χ4v) is 4.34. The average Bonchev–Trinajstić information content (AvgIpc) is 2.67. The Morgan fingerprint density at radius 2 is 1.60 bits per heavy atom. The number of carbonyl (C=O) groups is 3. The molecule has 4 N–H and O–H groups in total. The van der Waals surface area contributed by atoms with Crippen molar-refractivity contribution in [1.82, 2.24) is 15.5 Å². The molecular formula is C23H26N4O3. The number of carbonyl (C=O) groups excluding carboxylic acids is 3. The summed E-state index contributed by atoms with van der Waals surface area (Å²) >= 11 is 0. The molecule has 1 heterocycles. The lowest BCUT2D eigenvalue weighted by molar-refractivity contribution is -0.0585. The monoisotopic (exact) mass is 406 g/mol. The summed E-state index contributed by atoms with van der Waals surface area (Å²) in [5.74, 6) is -0.390. The summed E-state index contributed by atoms with van der Waals surface area (Å²) in [6.07, 6.45) is 1.79. The lowest BCUT2D eigenvalue weighted by Gasteiger charge is -2.59. The highest BCUT2D eigenvalue weighted by Crippen LogP contribution is 2.48. The second-order valence-electron chi connectivity index (χ2n) is 8.52. The highest BCUT2D eigenvalue weighted by molar-refractivity contribution is 5.95. The van der Waals surface area contributed by atoms with Crippen LogP contribution in [0.3, 0.4) is 0 Å². The molecule has 2 aliphatic rings. The molecule has 0 atom stereocenters. The predicted octanol–water partition coefficient (Wildman–Crippen LogP) is 2.20. The van der Waals surface area contributed by atoms with Crippen LogP contribution < -0.4 is 16.4 Å². The molecular weight excluding hydrogens is 380 g/mol. The molecule has 0 unspecified atom stereocenters. The second-order valence-corrected chi connectivity index (χ2v) is 8.52. The summed E-state index contributed by atoms with van der Waals surface area (Å²) < 4.78 is 0. The second kappa shape index (κ2) is 7.82. The van der Waals surface area contributed by atoms with Gasteiger partial charge < -0.3 is 21.3 Å². The molecule has 0 radical (unpaired) electrons. The highest BCUT2D eigenvalue weighted by atomic mass is 16.2. The normalized spacial score (nSPS) is 17.0. The number of hydrogen-bond donors (Lipinski definition) is 3. The number of aryl methyl sites for hydroxylation is 1. The molecule has 1 aliphatic heterocycles. The molecule has 4 amide bonds. The van der Waals surface area contributed by atoms with Gasteiger partial charge >= 0.3 is 6.03 Å². The number of rotatable bonds is 5. The molecule has 2 aromatic carbocycles. The Morgan fingerprint density at radius 3 is 2.20 bits per heavy atom. The van der Waals surface area contributed by atoms with E-state index in [2.05, 4.69) is 10.6 Å². The maximum atomic E-state index is 12.5. The first-order valence-electron chi connectivity index (χ1n) is 10.1. The van der Waals surface area contributed by atoms with Crippen molar-refractivity contribution in [2.24, 2.45) is 11.1 Å². The molecule has 1 saturated heterocycles. The third-order valence-electron chi connectivity index (χ3n) is 6.02. The van der Waals surface area contributed by atoms with Crippen molar-refractivity contribution < 1.29 is 14.4 Å². The van der Waals surface area contributed by atoms with Crippen molar-refractivity contribution in [3.05, 3.63) is 70.8 Å². The van der Waals surface area contributed by atoms with Gasteiger partial charge in [-0.3, -0.25) is 9.59 Å². The Labute approximate surface area is 175 Å². The van der Waals surface area contributed by atoms with E-state index in [0.717, 1.165) is 42.6 Å². The topological polar surface area (TPSA) is 105 Å². The van der Waals surface area contributed by atoms with Crippen LogP contribution in [-0.4, -0.2) is 41.9 Å². The first kappa shape index (κ1) is 19.9. The third-order valence-corrected chi connectivity index (χ3v) is 6.02. The molecule has 0 bridgehead atoms. The number of likely N-dealkylation sites (tertiary alicyclic amines) is 1. The summed E-state index contributed by atoms with van der Waals surface area (Å²) in [7, 11) is 0. The number of nitrogens with one attached hydrogen (secondary N) is 2. The van der Waals surface area contributed by atoms with Gasteiger partial charge in [-0.15, -0.1) is 0 Å². The molecule has 2 fully saturated rings. The van der Waals surface area contributed by atoms with Crippen molar-refractivity contribution in [2.45, 2.75) is 32.4 Å². The van der Waals surface area contributed by atoms with E-state index in [9.17, 15) is 14.4 Å². The standard InChI is InChI=1S/C23H26N4O3/c1-15-2-6-18(7-3-15)21(29)27-13-23(14-27)10-19(11-23)26-22(30)25-12-16-4-8-17(9-5-16)20(24)28/h2-9,19H,10-14H2,1H3,(H2,24,28)(H2,25,26,30). The van der Waals surface area contributed by atoms with Crippen molar-refractivity contribution in [2.75, 3.05) is 13.1 Å². The zero-order chi connectivity index (χ0) is 21.3. The molecule has 156 valence electrons. The third kappa shape index (κ3) is 4.15. The number of nitrogens with two attached hydrogens (primary N) is 1. The lowest BCUT2D eigenvalue weighted by Crippen LogP contribution is -2.67. The van der Waals surface area contributed by atoms with Gasteiger partial charge in [0, 0.05) is 42.2 Å². The summed E-state index contributed by atoms with van der Waals surface area (Å²) in [6, 6.07) is 14.4. The number of hydrogen-bond acceptors (Lipinski definition) is 3. The fraction of sp³-hybridized carbons (Fsp3) is 0.348. The minimum atomic E-state index is -0.471. The number of nitrogens with zero attached hydrogens (tertiary/aromatic N) is 1. The van der Waals surface area contributed by atoms with Crippen LogP contribution in [0.4, 0.5) is 4.79 Å². The Kier molecular flexibility index (Phi) is 5.20. The molecule has 7 nitrogen and oxygen atoms in total. The summed E-state index contributed by atoms with van der Waals surface area (Å²) in [5.41, 5.74) is 8.58. The Hall–Kier alpha value is -3.35. The van der Waals surface area contributed by atoms with Crippen LogP contribution in [0.15, 0.2) is 48.5 Å². The van der Waals surface area contributed by atoms with Crippen molar-refractivity contribution in [1.29, 1.82) is 0 Å². The van der Waals surface area contributed by atoms with Gasteiger partial charge in [0.2, 0.25) is 5.91 Å². The minimum absolute atomic E-state index is 0.0807. The molecule has 7 heteroatoms. The largest absolute Gasteiger partial charge is 0.366 e. The van der Waals surface area contributed by atoms with E-state index < -0.39 is 5.91 Å². The maximum Gasteiger partial charge on any atom is 0.315 e.